The molecule has 0 saturated heterocycles. The van der Waals surface area contributed by atoms with Crippen molar-refractivity contribution >= 4 is 51.0 Å². The van der Waals surface area contributed by atoms with Crippen LogP contribution in [0.5, 0.6) is 11.5 Å². The second-order valence-electron chi connectivity index (χ2n) is 8.13. The summed E-state index contributed by atoms with van der Waals surface area (Å²) < 4.78 is 39.3. The van der Waals surface area contributed by atoms with Crippen molar-refractivity contribution in [3.8, 4) is 11.5 Å². The number of carbonyl (C=O) groups excluding carboxylic acids is 1. The predicted molar refractivity (Wildman–Crippen MR) is 153 cm³/mol. The van der Waals surface area contributed by atoms with E-state index >= 15 is 0 Å². The van der Waals surface area contributed by atoms with Crippen LogP contribution < -0.4 is 19.6 Å². The summed E-state index contributed by atoms with van der Waals surface area (Å²) in [5, 5.41) is 5.06. The van der Waals surface area contributed by atoms with E-state index in [-0.39, 0.29) is 16.1 Å². The van der Waals surface area contributed by atoms with E-state index in [9.17, 15) is 13.2 Å². The van der Waals surface area contributed by atoms with Crippen molar-refractivity contribution in [1.82, 2.24) is 5.43 Å². The number of anilines is 1. The molecule has 0 radical (unpaired) electrons. The molecule has 0 aromatic heterocycles. The van der Waals surface area contributed by atoms with Crippen molar-refractivity contribution in [3.63, 3.8) is 0 Å². The van der Waals surface area contributed by atoms with Crippen LogP contribution in [0.3, 0.4) is 0 Å². The number of halogens is 2. The molecule has 39 heavy (non-hydrogen) atoms. The highest BCUT2D eigenvalue weighted by atomic mass is 35.5. The lowest BCUT2D eigenvalue weighted by atomic mass is 10.2. The molecular formula is C28H23Cl2N3O5S. The van der Waals surface area contributed by atoms with Gasteiger partial charge in [-0.05, 0) is 77.9 Å². The molecule has 0 bridgehead atoms. The van der Waals surface area contributed by atoms with E-state index in [1.807, 2.05) is 12.1 Å². The fourth-order valence-corrected chi connectivity index (χ4v) is 4.77. The smallest absolute Gasteiger partial charge is 0.273 e. The van der Waals surface area contributed by atoms with Gasteiger partial charge in [0, 0.05) is 10.0 Å². The summed E-state index contributed by atoms with van der Waals surface area (Å²) in [6.07, 6.45) is 1.43. The maximum absolute atomic E-state index is 12.8. The number of hydrogen-bond donors (Lipinski definition) is 2. The first kappa shape index (κ1) is 28.0. The van der Waals surface area contributed by atoms with Crippen LogP contribution in [0.15, 0.2) is 101 Å². The Hall–Kier alpha value is -4.05. The molecule has 0 spiro atoms. The summed E-state index contributed by atoms with van der Waals surface area (Å²) >= 11 is 11.8. The number of para-hydroxylation sites is 1. The number of hydrogen-bond acceptors (Lipinski definition) is 6. The van der Waals surface area contributed by atoms with Gasteiger partial charge in [-0.3, -0.25) is 9.52 Å². The van der Waals surface area contributed by atoms with Crippen LogP contribution in [0, 0.1) is 0 Å². The van der Waals surface area contributed by atoms with Crippen LogP contribution in [0.4, 0.5) is 5.69 Å². The Bertz CT molecular complexity index is 1590. The number of nitrogens with one attached hydrogen (secondary N) is 2. The third kappa shape index (κ3) is 7.51. The van der Waals surface area contributed by atoms with Gasteiger partial charge in [0.1, 0.15) is 6.61 Å². The molecule has 0 heterocycles. The van der Waals surface area contributed by atoms with Crippen LogP contribution in [-0.4, -0.2) is 27.6 Å². The van der Waals surface area contributed by atoms with Crippen molar-refractivity contribution in [3.05, 3.63) is 118 Å². The average molecular weight is 584 g/mol. The minimum atomic E-state index is -3.94. The Morgan fingerprint density at radius 3 is 2.26 bits per heavy atom. The number of rotatable bonds is 10. The van der Waals surface area contributed by atoms with Gasteiger partial charge in [-0.2, -0.15) is 5.10 Å². The normalized spacial score (nSPS) is 11.3. The van der Waals surface area contributed by atoms with Gasteiger partial charge >= 0.3 is 0 Å². The largest absolute Gasteiger partial charge is 0.493 e. The predicted octanol–water partition coefficient (Wildman–Crippen LogP) is 6.15. The van der Waals surface area contributed by atoms with E-state index in [2.05, 4.69) is 15.2 Å². The van der Waals surface area contributed by atoms with Crippen molar-refractivity contribution in [1.29, 1.82) is 0 Å². The number of sulfonamides is 1. The highest BCUT2D eigenvalue weighted by Crippen LogP contribution is 2.28. The highest BCUT2D eigenvalue weighted by Gasteiger charge is 2.18. The number of methoxy groups -OCH3 is 1. The Labute approximate surface area is 236 Å². The molecule has 0 aliphatic heterocycles. The van der Waals surface area contributed by atoms with E-state index in [1.165, 1.54) is 49.7 Å². The summed E-state index contributed by atoms with van der Waals surface area (Å²) in [6.45, 7) is 0.332. The summed E-state index contributed by atoms with van der Waals surface area (Å²) in [7, 11) is -2.42. The molecule has 11 heteroatoms. The summed E-state index contributed by atoms with van der Waals surface area (Å²) in [4.78, 5) is 12.8. The van der Waals surface area contributed by atoms with Gasteiger partial charge in [0.2, 0.25) is 0 Å². The molecule has 4 aromatic carbocycles. The maximum Gasteiger partial charge on any atom is 0.273 e. The summed E-state index contributed by atoms with van der Waals surface area (Å²) in [5.41, 5.74) is 4.20. The molecule has 4 aromatic rings. The first-order valence-electron chi connectivity index (χ1n) is 11.5. The Morgan fingerprint density at radius 2 is 1.56 bits per heavy atom. The molecule has 2 N–H and O–H groups in total. The molecule has 0 saturated carbocycles. The van der Waals surface area contributed by atoms with E-state index in [1.54, 1.807) is 42.5 Å². The van der Waals surface area contributed by atoms with Crippen LogP contribution in [0.25, 0.3) is 0 Å². The fourth-order valence-electron chi connectivity index (χ4n) is 3.44. The van der Waals surface area contributed by atoms with Gasteiger partial charge in [-0.1, -0.05) is 47.5 Å². The van der Waals surface area contributed by atoms with Crippen molar-refractivity contribution in [2.24, 2.45) is 5.10 Å². The first-order chi connectivity index (χ1) is 18.7. The quantitative estimate of drug-likeness (QED) is 0.172. The number of ether oxygens (including phenoxy) is 2. The second kappa shape index (κ2) is 12.7. The highest BCUT2D eigenvalue weighted by molar-refractivity contribution is 7.92. The molecule has 0 aliphatic carbocycles. The van der Waals surface area contributed by atoms with Gasteiger partial charge in [-0.25, -0.2) is 13.8 Å². The van der Waals surface area contributed by atoms with E-state index in [0.717, 1.165) is 5.56 Å². The third-order valence-electron chi connectivity index (χ3n) is 5.41. The van der Waals surface area contributed by atoms with E-state index < -0.39 is 15.9 Å². The number of amides is 1. The number of benzene rings is 4. The van der Waals surface area contributed by atoms with Gasteiger partial charge < -0.3 is 9.47 Å². The van der Waals surface area contributed by atoms with Crippen molar-refractivity contribution < 1.29 is 22.7 Å². The lowest BCUT2D eigenvalue weighted by Gasteiger charge is -2.12. The van der Waals surface area contributed by atoms with Gasteiger partial charge in [-0.15, -0.1) is 0 Å². The van der Waals surface area contributed by atoms with Crippen LogP contribution in [0.2, 0.25) is 10.0 Å². The molecule has 1 amide bonds. The van der Waals surface area contributed by atoms with Gasteiger partial charge in [0.15, 0.2) is 11.5 Å². The van der Waals surface area contributed by atoms with Crippen LogP contribution in [0.1, 0.15) is 21.5 Å². The Balaban J connectivity index is 1.42. The van der Waals surface area contributed by atoms with E-state index in [4.69, 9.17) is 32.7 Å². The second-order valence-corrected chi connectivity index (χ2v) is 10.7. The molecule has 200 valence electrons. The fraction of sp³-hybridized carbons (Fsp3) is 0.0714. The van der Waals surface area contributed by atoms with Crippen LogP contribution >= 0.6 is 23.2 Å². The van der Waals surface area contributed by atoms with Gasteiger partial charge in [0.25, 0.3) is 15.9 Å². The zero-order valence-electron chi connectivity index (χ0n) is 20.6. The molecule has 0 atom stereocenters. The third-order valence-corrected chi connectivity index (χ3v) is 7.30. The topological polar surface area (TPSA) is 106 Å². The zero-order chi connectivity index (χ0) is 27.8. The monoisotopic (exact) mass is 583 g/mol. The Kier molecular flexibility index (Phi) is 9.08. The average Bonchev–Trinajstić information content (AvgIpc) is 2.93. The molecule has 0 aliphatic rings. The van der Waals surface area contributed by atoms with E-state index in [0.29, 0.717) is 33.7 Å². The standard InChI is InChI=1S/C28H23Cl2N3O5S/c1-37-27-16-20(8-15-26(27)38-18-19-6-9-21(29)10-7-19)17-31-32-28(34)24-4-2-3-5-25(24)33-39(35,36)23-13-11-22(30)12-14-23/h2-17,33H,18H2,1H3,(H,32,34)/b31-17-. The van der Waals surface area contributed by atoms with Gasteiger partial charge in [0.05, 0.1) is 29.5 Å². The number of carbonyl (C=O) groups is 1. The number of hydrazone groups is 1. The lowest BCUT2D eigenvalue weighted by Crippen LogP contribution is -2.21. The molecule has 0 fully saturated rings. The minimum absolute atomic E-state index is 0.00896. The zero-order valence-corrected chi connectivity index (χ0v) is 22.9. The number of nitrogens with zero attached hydrogens (tertiary/aromatic N) is 1. The summed E-state index contributed by atoms with van der Waals surface area (Å²) in [6, 6.07) is 24.4. The lowest BCUT2D eigenvalue weighted by molar-refractivity contribution is 0.0956. The first-order valence-corrected chi connectivity index (χ1v) is 13.8. The van der Waals surface area contributed by atoms with Crippen molar-refractivity contribution in [2.45, 2.75) is 11.5 Å². The molecule has 0 unspecified atom stereocenters. The molecule has 4 rings (SSSR count). The SMILES string of the molecule is COc1cc(/C=N\NC(=O)c2ccccc2NS(=O)(=O)c2ccc(Cl)cc2)ccc1OCc1ccc(Cl)cc1. The molecular weight excluding hydrogens is 561 g/mol. The molecule has 8 nitrogen and oxygen atoms in total. The summed E-state index contributed by atoms with van der Waals surface area (Å²) in [5.74, 6) is 0.423. The minimum Gasteiger partial charge on any atom is -0.493 e. The van der Waals surface area contributed by atoms with Crippen molar-refractivity contribution in [2.75, 3.05) is 11.8 Å². The van der Waals surface area contributed by atoms with Crippen LogP contribution in [-0.2, 0) is 16.6 Å². The maximum atomic E-state index is 12.8. The Morgan fingerprint density at radius 1 is 0.897 bits per heavy atom.